The summed E-state index contributed by atoms with van der Waals surface area (Å²) in [6.07, 6.45) is 5.16. The van der Waals surface area contributed by atoms with Gasteiger partial charge in [-0.3, -0.25) is 14.4 Å². The molecule has 0 spiro atoms. The van der Waals surface area contributed by atoms with Crippen LogP contribution in [0.2, 0.25) is 0 Å². The van der Waals surface area contributed by atoms with Gasteiger partial charge in [0.15, 0.2) is 0 Å². The van der Waals surface area contributed by atoms with Gasteiger partial charge in [-0.25, -0.2) is 0 Å². The zero-order chi connectivity index (χ0) is 14.7. The van der Waals surface area contributed by atoms with Crippen LogP contribution in [0.15, 0.2) is 12.2 Å². The van der Waals surface area contributed by atoms with E-state index in [1.165, 1.54) is 11.8 Å². The van der Waals surface area contributed by atoms with Gasteiger partial charge in [0.1, 0.15) is 11.6 Å². The van der Waals surface area contributed by atoms with Gasteiger partial charge >= 0.3 is 0 Å². The minimum atomic E-state index is -0.815. The first-order valence-electron chi connectivity index (χ1n) is 6.61. The maximum Gasteiger partial charge on any atom is 0.212 e. The SMILES string of the molecule is CC(C)(C)SC(=O)/C=C/CCC1(C)C(=O)CCC1=O. The molecule has 0 N–H and O–H groups in total. The Hall–Kier alpha value is -0.900. The third-order valence-corrected chi connectivity index (χ3v) is 4.23. The summed E-state index contributed by atoms with van der Waals surface area (Å²) in [5, 5.41) is 0.0155. The fourth-order valence-corrected chi connectivity index (χ4v) is 2.87. The fraction of sp³-hybridized carbons (Fsp3) is 0.667. The standard InChI is InChI=1S/C15H22O3S/c1-14(2,3)19-13(18)7-5-6-10-15(4)11(16)8-9-12(15)17/h5,7H,6,8-10H2,1-4H3/b7-5+. The molecule has 1 aliphatic carbocycles. The van der Waals surface area contributed by atoms with Crippen molar-refractivity contribution in [2.75, 3.05) is 0 Å². The van der Waals surface area contributed by atoms with E-state index in [9.17, 15) is 14.4 Å². The van der Waals surface area contributed by atoms with E-state index in [0.717, 1.165) is 0 Å². The molecule has 0 atom stereocenters. The normalized spacial score (nSPS) is 19.4. The molecule has 0 amide bonds. The quantitative estimate of drug-likeness (QED) is 0.586. The number of allylic oxidation sites excluding steroid dienone is 1. The van der Waals surface area contributed by atoms with E-state index >= 15 is 0 Å². The predicted octanol–water partition coefficient (Wildman–Crippen LogP) is 3.32. The number of hydrogen-bond donors (Lipinski definition) is 0. The summed E-state index contributed by atoms with van der Waals surface area (Å²) in [6, 6.07) is 0. The van der Waals surface area contributed by atoms with Gasteiger partial charge in [0.25, 0.3) is 0 Å². The first kappa shape index (κ1) is 16.2. The van der Waals surface area contributed by atoms with Gasteiger partial charge in [0.2, 0.25) is 5.12 Å². The number of carbonyl (C=O) groups excluding carboxylic acids is 3. The Morgan fingerprint density at radius 1 is 1.26 bits per heavy atom. The molecule has 1 rings (SSSR count). The molecule has 3 nitrogen and oxygen atoms in total. The molecule has 0 saturated heterocycles. The molecule has 4 heteroatoms. The van der Waals surface area contributed by atoms with Crippen LogP contribution in [0.1, 0.15) is 53.4 Å². The minimum absolute atomic E-state index is 0.0155. The van der Waals surface area contributed by atoms with Crippen molar-refractivity contribution in [3.05, 3.63) is 12.2 Å². The molecule has 0 aromatic heterocycles. The lowest BCUT2D eigenvalue weighted by atomic mass is 9.82. The average Bonchev–Trinajstić information content (AvgIpc) is 2.51. The highest BCUT2D eigenvalue weighted by molar-refractivity contribution is 8.15. The van der Waals surface area contributed by atoms with E-state index in [-0.39, 0.29) is 21.4 Å². The summed E-state index contributed by atoms with van der Waals surface area (Å²) in [6.45, 7) is 7.69. The summed E-state index contributed by atoms with van der Waals surface area (Å²) in [5.74, 6) is 0.0857. The van der Waals surface area contributed by atoms with E-state index in [0.29, 0.717) is 25.7 Å². The van der Waals surface area contributed by atoms with Crippen molar-refractivity contribution >= 4 is 28.4 Å². The monoisotopic (exact) mass is 282 g/mol. The molecule has 0 heterocycles. The van der Waals surface area contributed by atoms with Gasteiger partial charge < -0.3 is 0 Å². The minimum Gasteiger partial charge on any atom is -0.299 e. The Bertz CT molecular complexity index is 400. The third-order valence-electron chi connectivity index (χ3n) is 3.28. The smallest absolute Gasteiger partial charge is 0.212 e. The van der Waals surface area contributed by atoms with Crippen molar-refractivity contribution < 1.29 is 14.4 Å². The highest BCUT2D eigenvalue weighted by atomic mass is 32.2. The van der Waals surface area contributed by atoms with Crippen LogP contribution >= 0.6 is 11.8 Å². The van der Waals surface area contributed by atoms with E-state index in [1.54, 1.807) is 19.1 Å². The molecular formula is C15H22O3S. The zero-order valence-corrected chi connectivity index (χ0v) is 12.9. The first-order valence-corrected chi connectivity index (χ1v) is 7.43. The number of rotatable bonds is 4. The second-order valence-electron chi connectivity index (χ2n) is 6.15. The average molecular weight is 282 g/mol. The lowest BCUT2D eigenvalue weighted by Crippen LogP contribution is -2.28. The van der Waals surface area contributed by atoms with Gasteiger partial charge in [0.05, 0.1) is 5.41 Å². The highest BCUT2D eigenvalue weighted by Gasteiger charge is 2.44. The molecule has 0 bridgehead atoms. The number of hydrogen-bond acceptors (Lipinski definition) is 4. The van der Waals surface area contributed by atoms with E-state index in [4.69, 9.17) is 0 Å². The van der Waals surface area contributed by atoms with Crippen LogP contribution in [0.5, 0.6) is 0 Å². The number of thioether (sulfide) groups is 1. The molecule has 19 heavy (non-hydrogen) atoms. The molecule has 1 fully saturated rings. The molecule has 0 aliphatic heterocycles. The van der Waals surface area contributed by atoms with Crippen molar-refractivity contribution in [3.8, 4) is 0 Å². The van der Waals surface area contributed by atoms with Gasteiger partial charge in [-0.15, -0.1) is 0 Å². The summed E-state index contributed by atoms with van der Waals surface area (Å²) in [4.78, 5) is 35.0. The number of Topliss-reactive ketones (excluding diaryl/α,β-unsaturated/α-hetero) is 2. The second-order valence-corrected chi connectivity index (χ2v) is 7.98. The Morgan fingerprint density at radius 3 is 2.26 bits per heavy atom. The summed E-state index contributed by atoms with van der Waals surface area (Å²) >= 11 is 1.28. The van der Waals surface area contributed by atoms with Gasteiger partial charge in [-0.2, -0.15) is 0 Å². The van der Waals surface area contributed by atoms with Crippen molar-refractivity contribution in [3.63, 3.8) is 0 Å². The van der Waals surface area contributed by atoms with Gasteiger partial charge in [0, 0.05) is 17.6 Å². The predicted molar refractivity (Wildman–Crippen MR) is 78.1 cm³/mol. The van der Waals surface area contributed by atoms with Crippen LogP contribution in [0.3, 0.4) is 0 Å². The van der Waals surface area contributed by atoms with Crippen LogP contribution < -0.4 is 0 Å². The molecule has 1 saturated carbocycles. The van der Waals surface area contributed by atoms with E-state index in [2.05, 4.69) is 0 Å². The van der Waals surface area contributed by atoms with Crippen LogP contribution in [-0.2, 0) is 14.4 Å². The maximum absolute atomic E-state index is 11.7. The maximum atomic E-state index is 11.7. The fourth-order valence-electron chi connectivity index (χ4n) is 2.10. The summed E-state index contributed by atoms with van der Waals surface area (Å²) < 4.78 is -0.0925. The molecule has 0 aromatic carbocycles. The van der Waals surface area contributed by atoms with Crippen molar-refractivity contribution in [2.45, 2.75) is 58.1 Å². The van der Waals surface area contributed by atoms with Crippen LogP contribution in [0.4, 0.5) is 0 Å². The molecule has 1 aliphatic rings. The second kappa shape index (κ2) is 6.04. The largest absolute Gasteiger partial charge is 0.299 e. The molecule has 0 aromatic rings. The van der Waals surface area contributed by atoms with Crippen LogP contribution in [-0.4, -0.2) is 21.4 Å². The lowest BCUT2D eigenvalue weighted by Gasteiger charge is -2.18. The van der Waals surface area contributed by atoms with Gasteiger partial charge in [-0.1, -0.05) is 38.6 Å². The highest BCUT2D eigenvalue weighted by Crippen LogP contribution is 2.35. The van der Waals surface area contributed by atoms with Crippen molar-refractivity contribution in [2.24, 2.45) is 5.41 Å². The molecule has 0 unspecified atom stereocenters. The Balaban J connectivity index is 2.44. The lowest BCUT2D eigenvalue weighted by molar-refractivity contribution is -0.134. The number of ketones is 2. The van der Waals surface area contributed by atoms with E-state index < -0.39 is 5.41 Å². The van der Waals surface area contributed by atoms with E-state index in [1.807, 2.05) is 20.8 Å². The molecule has 0 radical (unpaired) electrons. The topological polar surface area (TPSA) is 51.2 Å². The Morgan fingerprint density at radius 2 is 1.79 bits per heavy atom. The first-order chi connectivity index (χ1) is 8.65. The number of carbonyl (C=O) groups is 3. The van der Waals surface area contributed by atoms with Crippen LogP contribution in [0.25, 0.3) is 0 Å². The molecular weight excluding hydrogens is 260 g/mol. The zero-order valence-electron chi connectivity index (χ0n) is 12.1. The summed E-state index contributed by atoms with van der Waals surface area (Å²) in [7, 11) is 0. The Kier molecular flexibility index (Phi) is 5.13. The van der Waals surface area contributed by atoms with Crippen LogP contribution in [0, 0.1) is 5.41 Å². The van der Waals surface area contributed by atoms with Crippen molar-refractivity contribution in [1.29, 1.82) is 0 Å². The van der Waals surface area contributed by atoms with Crippen molar-refractivity contribution in [1.82, 2.24) is 0 Å². The molecule has 106 valence electrons. The Labute approximate surface area is 119 Å². The third kappa shape index (κ3) is 4.60. The van der Waals surface area contributed by atoms with Gasteiger partial charge in [-0.05, 0) is 25.8 Å². The summed E-state index contributed by atoms with van der Waals surface area (Å²) in [5.41, 5.74) is -0.815.